The Morgan fingerprint density at radius 2 is 2.11 bits per heavy atom. The molecule has 1 aromatic rings. The summed E-state index contributed by atoms with van der Waals surface area (Å²) in [5.41, 5.74) is 0.103. The highest BCUT2D eigenvalue weighted by atomic mass is 32.1. The van der Waals surface area contributed by atoms with E-state index in [9.17, 15) is 15.2 Å². The summed E-state index contributed by atoms with van der Waals surface area (Å²) >= 11 is 1.32. The fourth-order valence-electron chi connectivity index (χ4n) is 1.81. The number of anilines is 1. The van der Waals surface area contributed by atoms with E-state index in [4.69, 9.17) is 0 Å². The number of hydrogen-bond donors (Lipinski definition) is 1. The maximum atomic E-state index is 11.1. The molecule has 2 atom stereocenters. The Morgan fingerprint density at radius 1 is 1.47 bits per heavy atom. The Hall–Kier alpha value is -1.14. The molecule has 0 fully saturated rings. The minimum atomic E-state index is -0.667. The topological polar surface area (TPSA) is 66.6 Å². The van der Waals surface area contributed by atoms with Crippen molar-refractivity contribution in [2.24, 2.45) is 5.92 Å². The van der Waals surface area contributed by atoms with Crippen molar-refractivity contribution in [1.82, 2.24) is 0 Å². The predicted octanol–water partition coefficient (Wildman–Crippen LogP) is 3.58. The zero-order valence-corrected chi connectivity index (χ0v) is 12.7. The van der Waals surface area contributed by atoms with E-state index >= 15 is 0 Å². The van der Waals surface area contributed by atoms with Crippen LogP contribution in [0.5, 0.6) is 0 Å². The highest BCUT2D eigenvalue weighted by molar-refractivity contribution is 7.16. The molecule has 0 spiro atoms. The lowest BCUT2D eigenvalue weighted by Crippen LogP contribution is -2.27. The van der Waals surface area contributed by atoms with Gasteiger partial charge in [-0.15, -0.1) is 11.3 Å². The standard InChI is InChI=1S/C13H22N2O3S/c1-5-9(3)8-14(6-2)13-11(15(17)18)7-12(19-13)10(4)16/h7,9-10,16H,5-6,8H2,1-4H3/t9?,10-/m0/s1. The molecule has 0 saturated carbocycles. The smallest absolute Gasteiger partial charge is 0.304 e. The average Bonchev–Trinajstić information content (AvgIpc) is 2.80. The number of aliphatic hydroxyl groups excluding tert-OH is 1. The molecule has 108 valence electrons. The zero-order chi connectivity index (χ0) is 14.6. The van der Waals surface area contributed by atoms with Crippen LogP contribution in [-0.4, -0.2) is 23.1 Å². The van der Waals surface area contributed by atoms with Gasteiger partial charge in [0, 0.05) is 24.0 Å². The third kappa shape index (κ3) is 3.91. The molecule has 1 unspecified atom stereocenters. The minimum absolute atomic E-state index is 0.103. The summed E-state index contributed by atoms with van der Waals surface area (Å²) in [4.78, 5) is 13.4. The molecule has 1 rings (SSSR count). The van der Waals surface area contributed by atoms with E-state index < -0.39 is 6.10 Å². The lowest BCUT2D eigenvalue weighted by atomic mass is 10.1. The highest BCUT2D eigenvalue weighted by Crippen LogP contribution is 2.40. The summed E-state index contributed by atoms with van der Waals surface area (Å²) in [7, 11) is 0. The summed E-state index contributed by atoms with van der Waals surface area (Å²) < 4.78 is 0. The number of hydrogen-bond acceptors (Lipinski definition) is 5. The van der Waals surface area contributed by atoms with Gasteiger partial charge in [-0.1, -0.05) is 20.3 Å². The number of nitrogens with zero attached hydrogens (tertiary/aromatic N) is 2. The molecule has 1 aromatic heterocycles. The van der Waals surface area contributed by atoms with Crippen molar-refractivity contribution in [1.29, 1.82) is 0 Å². The Bertz CT molecular complexity index is 432. The lowest BCUT2D eigenvalue weighted by Gasteiger charge is -2.23. The van der Waals surface area contributed by atoms with Crippen LogP contribution in [0.1, 0.15) is 45.1 Å². The Morgan fingerprint density at radius 3 is 2.53 bits per heavy atom. The van der Waals surface area contributed by atoms with Gasteiger partial charge in [0.1, 0.15) is 0 Å². The van der Waals surface area contributed by atoms with Crippen LogP contribution in [0.2, 0.25) is 0 Å². The largest absolute Gasteiger partial charge is 0.388 e. The molecule has 6 heteroatoms. The Kier molecular flexibility index (Phi) is 5.75. The van der Waals surface area contributed by atoms with Crippen LogP contribution in [0.4, 0.5) is 10.7 Å². The number of nitro groups is 1. The molecular formula is C13H22N2O3S. The number of aliphatic hydroxyl groups is 1. The molecule has 0 radical (unpaired) electrons. The summed E-state index contributed by atoms with van der Waals surface area (Å²) in [6.45, 7) is 9.40. The van der Waals surface area contributed by atoms with Gasteiger partial charge in [-0.3, -0.25) is 10.1 Å². The van der Waals surface area contributed by atoms with Gasteiger partial charge in [-0.05, 0) is 19.8 Å². The predicted molar refractivity (Wildman–Crippen MR) is 78.9 cm³/mol. The normalized spacial score (nSPS) is 14.2. The van der Waals surface area contributed by atoms with Crippen molar-refractivity contribution in [3.8, 4) is 0 Å². The third-order valence-electron chi connectivity index (χ3n) is 3.22. The van der Waals surface area contributed by atoms with Gasteiger partial charge in [-0.2, -0.15) is 0 Å². The zero-order valence-electron chi connectivity index (χ0n) is 11.9. The van der Waals surface area contributed by atoms with Crippen molar-refractivity contribution in [2.45, 2.75) is 40.2 Å². The van der Waals surface area contributed by atoms with Crippen LogP contribution in [0.25, 0.3) is 0 Å². The van der Waals surface area contributed by atoms with Crippen LogP contribution >= 0.6 is 11.3 Å². The molecule has 0 amide bonds. The summed E-state index contributed by atoms with van der Waals surface area (Å²) in [5, 5.41) is 21.4. The fourth-order valence-corrected chi connectivity index (χ4v) is 2.95. The van der Waals surface area contributed by atoms with Crippen LogP contribution in [0, 0.1) is 16.0 Å². The van der Waals surface area contributed by atoms with E-state index in [0.29, 0.717) is 15.8 Å². The summed E-state index contributed by atoms with van der Waals surface area (Å²) in [6, 6.07) is 1.49. The second-order valence-electron chi connectivity index (χ2n) is 4.82. The van der Waals surface area contributed by atoms with Crippen molar-refractivity contribution in [2.75, 3.05) is 18.0 Å². The van der Waals surface area contributed by atoms with Crippen LogP contribution in [0.15, 0.2) is 6.07 Å². The van der Waals surface area contributed by atoms with Crippen molar-refractivity contribution in [3.63, 3.8) is 0 Å². The van der Waals surface area contributed by atoms with Gasteiger partial charge < -0.3 is 10.0 Å². The molecule has 0 aliphatic carbocycles. The SMILES string of the molecule is CCC(C)CN(CC)c1sc([C@H](C)O)cc1[N+](=O)[O-]. The van der Waals surface area contributed by atoms with Crippen molar-refractivity contribution >= 4 is 22.0 Å². The molecule has 0 aromatic carbocycles. The van der Waals surface area contributed by atoms with Gasteiger partial charge >= 0.3 is 5.69 Å². The maximum Gasteiger partial charge on any atom is 0.304 e. The van der Waals surface area contributed by atoms with E-state index in [1.165, 1.54) is 17.4 Å². The van der Waals surface area contributed by atoms with Gasteiger partial charge in [0.15, 0.2) is 5.00 Å². The first-order valence-electron chi connectivity index (χ1n) is 6.61. The lowest BCUT2D eigenvalue weighted by molar-refractivity contribution is -0.383. The number of thiophene rings is 1. The van der Waals surface area contributed by atoms with Gasteiger partial charge in [0.05, 0.1) is 11.0 Å². The van der Waals surface area contributed by atoms with Crippen LogP contribution in [0.3, 0.4) is 0 Å². The van der Waals surface area contributed by atoms with Gasteiger partial charge in [0.25, 0.3) is 0 Å². The van der Waals surface area contributed by atoms with E-state index in [1.807, 2.05) is 11.8 Å². The molecule has 1 heterocycles. The van der Waals surface area contributed by atoms with E-state index in [2.05, 4.69) is 13.8 Å². The average molecular weight is 286 g/mol. The number of rotatable bonds is 7. The monoisotopic (exact) mass is 286 g/mol. The fraction of sp³-hybridized carbons (Fsp3) is 0.692. The minimum Gasteiger partial charge on any atom is -0.388 e. The summed E-state index contributed by atoms with van der Waals surface area (Å²) in [6.07, 6.45) is 0.374. The molecule has 5 nitrogen and oxygen atoms in total. The quantitative estimate of drug-likeness (QED) is 0.614. The first-order chi connectivity index (χ1) is 8.90. The molecule has 19 heavy (non-hydrogen) atoms. The molecule has 0 saturated heterocycles. The Labute approximate surface area is 118 Å². The second kappa shape index (κ2) is 6.86. The summed E-state index contributed by atoms with van der Waals surface area (Å²) in [5.74, 6) is 0.483. The van der Waals surface area contributed by atoms with E-state index in [1.54, 1.807) is 6.92 Å². The molecular weight excluding hydrogens is 264 g/mol. The van der Waals surface area contributed by atoms with E-state index in [-0.39, 0.29) is 10.6 Å². The molecule has 0 aliphatic heterocycles. The molecule has 0 aliphatic rings. The first-order valence-corrected chi connectivity index (χ1v) is 7.43. The highest BCUT2D eigenvalue weighted by Gasteiger charge is 2.25. The first kappa shape index (κ1) is 15.9. The van der Waals surface area contributed by atoms with Gasteiger partial charge in [-0.25, -0.2) is 0 Å². The second-order valence-corrected chi connectivity index (χ2v) is 5.89. The molecule has 1 N–H and O–H groups in total. The van der Waals surface area contributed by atoms with Crippen molar-refractivity contribution in [3.05, 3.63) is 21.1 Å². The van der Waals surface area contributed by atoms with E-state index in [0.717, 1.165) is 19.5 Å². The Balaban J connectivity index is 3.10. The maximum absolute atomic E-state index is 11.1. The third-order valence-corrected chi connectivity index (χ3v) is 4.57. The van der Waals surface area contributed by atoms with Gasteiger partial charge in [0.2, 0.25) is 0 Å². The molecule has 0 bridgehead atoms. The van der Waals surface area contributed by atoms with Crippen LogP contribution in [-0.2, 0) is 0 Å². The van der Waals surface area contributed by atoms with Crippen molar-refractivity contribution < 1.29 is 10.0 Å². The van der Waals surface area contributed by atoms with Crippen LogP contribution < -0.4 is 4.90 Å².